The van der Waals surface area contributed by atoms with Gasteiger partial charge in [0.2, 0.25) is 0 Å². The van der Waals surface area contributed by atoms with E-state index in [9.17, 15) is 9.90 Å². The monoisotopic (exact) mass is 260 g/mol. The Balaban J connectivity index is 2.07. The summed E-state index contributed by atoms with van der Waals surface area (Å²) in [6, 6.07) is 0. The molecule has 1 aliphatic heterocycles. The molecule has 0 bridgehead atoms. The lowest BCUT2D eigenvalue weighted by Gasteiger charge is -2.29. The zero-order valence-electron chi connectivity index (χ0n) is 10.8. The number of rotatable bonds is 2. The molecule has 19 heavy (non-hydrogen) atoms. The number of aromatic amines is 1. The molecule has 3 heterocycles. The molecule has 1 aliphatic rings. The smallest absolute Gasteiger partial charge is 0.336 e. The highest BCUT2D eigenvalue weighted by molar-refractivity contribution is 6.02. The second-order valence-corrected chi connectivity index (χ2v) is 5.10. The number of likely N-dealkylation sites (tertiary alicyclic amines) is 1. The minimum absolute atomic E-state index is 0.272. The van der Waals surface area contributed by atoms with Crippen LogP contribution in [0.1, 0.15) is 34.7 Å². The van der Waals surface area contributed by atoms with E-state index in [1.807, 2.05) is 0 Å². The Labute approximate surface area is 110 Å². The first-order valence-electron chi connectivity index (χ1n) is 6.40. The molecule has 100 valence electrons. The van der Waals surface area contributed by atoms with E-state index in [1.165, 1.54) is 0 Å². The highest BCUT2D eigenvalue weighted by Gasteiger charge is 2.25. The normalized spacial score (nSPS) is 17.9. The number of pyridine rings is 1. The first-order chi connectivity index (χ1) is 9.16. The summed E-state index contributed by atoms with van der Waals surface area (Å²) < 4.78 is 0. The molecule has 1 saturated heterocycles. The molecule has 0 amide bonds. The summed E-state index contributed by atoms with van der Waals surface area (Å²) in [7, 11) is 2.09. The third-order valence-corrected chi connectivity index (χ3v) is 3.88. The topological polar surface area (TPSA) is 82.1 Å². The Morgan fingerprint density at radius 3 is 2.84 bits per heavy atom. The van der Waals surface area contributed by atoms with E-state index in [0.717, 1.165) is 31.5 Å². The van der Waals surface area contributed by atoms with Crippen molar-refractivity contribution in [1.82, 2.24) is 20.1 Å². The number of piperidine rings is 1. The van der Waals surface area contributed by atoms with Gasteiger partial charge in [0.15, 0.2) is 5.65 Å². The van der Waals surface area contributed by atoms with Gasteiger partial charge in [0.05, 0.1) is 17.1 Å². The Bertz CT molecular complexity index is 614. The van der Waals surface area contributed by atoms with E-state index in [0.29, 0.717) is 16.6 Å². The standard InChI is InChI=1S/C13H16N4O2/c1-17-4-2-8(3-5-17)9-6-14-12-10(7-15-16-12)11(9)13(18)19/h6-8H,2-5H2,1H3,(H,18,19)(H,14,15,16). The predicted octanol–water partition coefficient (Wildman–Crippen LogP) is 1.47. The van der Waals surface area contributed by atoms with Crippen molar-refractivity contribution < 1.29 is 9.90 Å². The molecule has 0 atom stereocenters. The first-order valence-corrected chi connectivity index (χ1v) is 6.40. The molecular weight excluding hydrogens is 244 g/mol. The van der Waals surface area contributed by atoms with Gasteiger partial charge in [0, 0.05) is 6.20 Å². The first kappa shape index (κ1) is 12.1. The van der Waals surface area contributed by atoms with Crippen molar-refractivity contribution >= 4 is 17.0 Å². The van der Waals surface area contributed by atoms with Crippen LogP contribution in [0.5, 0.6) is 0 Å². The van der Waals surface area contributed by atoms with E-state index in [2.05, 4.69) is 27.1 Å². The van der Waals surface area contributed by atoms with Gasteiger partial charge < -0.3 is 10.0 Å². The van der Waals surface area contributed by atoms with Crippen molar-refractivity contribution in [2.24, 2.45) is 0 Å². The van der Waals surface area contributed by atoms with Gasteiger partial charge >= 0.3 is 5.97 Å². The largest absolute Gasteiger partial charge is 0.478 e. The van der Waals surface area contributed by atoms with Gasteiger partial charge in [0.1, 0.15) is 0 Å². The van der Waals surface area contributed by atoms with Crippen molar-refractivity contribution in [3.63, 3.8) is 0 Å². The Hall–Kier alpha value is -1.95. The summed E-state index contributed by atoms with van der Waals surface area (Å²) in [5.41, 5.74) is 1.73. The third-order valence-electron chi connectivity index (χ3n) is 3.88. The number of nitrogens with one attached hydrogen (secondary N) is 1. The quantitative estimate of drug-likeness (QED) is 0.854. The fourth-order valence-corrected chi connectivity index (χ4v) is 2.78. The maximum Gasteiger partial charge on any atom is 0.336 e. The van der Waals surface area contributed by atoms with Crippen LogP contribution in [-0.2, 0) is 0 Å². The number of aromatic carboxylic acids is 1. The summed E-state index contributed by atoms with van der Waals surface area (Å²) >= 11 is 0. The summed E-state index contributed by atoms with van der Waals surface area (Å²) in [5, 5.41) is 16.7. The van der Waals surface area contributed by atoms with Crippen LogP contribution in [0.2, 0.25) is 0 Å². The van der Waals surface area contributed by atoms with Crippen LogP contribution < -0.4 is 0 Å². The van der Waals surface area contributed by atoms with E-state index in [1.54, 1.807) is 12.4 Å². The third kappa shape index (κ3) is 2.08. The van der Waals surface area contributed by atoms with Gasteiger partial charge in [0.25, 0.3) is 0 Å². The van der Waals surface area contributed by atoms with Crippen LogP contribution in [0, 0.1) is 0 Å². The highest BCUT2D eigenvalue weighted by Crippen LogP contribution is 2.32. The maximum absolute atomic E-state index is 11.6. The Kier molecular flexibility index (Phi) is 2.94. The molecule has 0 spiro atoms. The molecule has 0 aromatic carbocycles. The maximum atomic E-state index is 11.6. The summed E-state index contributed by atoms with van der Waals surface area (Å²) in [4.78, 5) is 18.1. The Morgan fingerprint density at radius 2 is 2.16 bits per heavy atom. The molecule has 0 aliphatic carbocycles. The van der Waals surface area contributed by atoms with Gasteiger partial charge in [-0.05, 0) is 44.5 Å². The number of hydrogen-bond acceptors (Lipinski definition) is 4. The van der Waals surface area contributed by atoms with Gasteiger partial charge in [-0.2, -0.15) is 5.10 Å². The summed E-state index contributed by atoms with van der Waals surface area (Å²) in [6.07, 6.45) is 5.19. The van der Waals surface area contributed by atoms with Gasteiger partial charge in [-0.1, -0.05) is 0 Å². The lowest BCUT2D eigenvalue weighted by molar-refractivity contribution is 0.0696. The molecule has 2 aromatic rings. The SMILES string of the molecule is CN1CCC(c2cnc3[nH]ncc3c2C(=O)O)CC1. The van der Waals surface area contributed by atoms with Crippen molar-refractivity contribution in [1.29, 1.82) is 0 Å². The molecular formula is C13H16N4O2. The number of H-pyrrole nitrogens is 1. The number of fused-ring (bicyclic) bond motifs is 1. The number of carboxylic acids is 1. The summed E-state index contributed by atoms with van der Waals surface area (Å²) in [5.74, 6) is -0.628. The molecule has 2 aromatic heterocycles. The van der Waals surface area contributed by atoms with E-state index in [4.69, 9.17) is 0 Å². The van der Waals surface area contributed by atoms with Crippen molar-refractivity contribution in [2.75, 3.05) is 20.1 Å². The van der Waals surface area contributed by atoms with Crippen LogP contribution in [0.25, 0.3) is 11.0 Å². The van der Waals surface area contributed by atoms with Crippen LogP contribution in [0.3, 0.4) is 0 Å². The van der Waals surface area contributed by atoms with Crippen molar-refractivity contribution in [3.05, 3.63) is 23.5 Å². The summed E-state index contributed by atoms with van der Waals surface area (Å²) in [6.45, 7) is 1.99. The fraction of sp³-hybridized carbons (Fsp3) is 0.462. The number of aromatic nitrogens is 3. The molecule has 0 unspecified atom stereocenters. The molecule has 0 saturated carbocycles. The van der Waals surface area contributed by atoms with Crippen LogP contribution >= 0.6 is 0 Å². The molecule has 6 heteroatoms. The number of hydrogen-bond donors (Lipinski definition) is 2. The predicted molar refractivity (Wildman–Crippen MR) is 70.3 cm³/mol. The number of carbonyl (C=O) groups is 1. The number of carboxylic acid groups (broad SMARTS) is 1. The van der Waals surface area contributed by atoms with E-state index in [-0.39, 0.29) is 5.92 Å². The van der Waals surface area contributed by atoms with Crippen molar-refractivity contribution in [2.45, 2.75) is 18.8 Å². The van der Waals surface area contributed by atoms with E-state index < -0.39 is 5.97 Å². The van der Waals surface area contributed by atoms with Gasteiger partial charge in [-0.25, -0.2) is 9.78 Å². The van der Waals surface area contributed by atoms with Gasteiger partial charge in [-0.15, -0.1) is 0 Å². The fourth-order valence-electron chi connectivity index (χ4n) is 2.78. The molecule has 3 rings (SSSR count). The second-order valence-electron chi connectivity index (χ2n) is 5.10. The lowest BCUT2D eigenvalue weighted by atomic mass is 9.87. The number of nitrogens with zero attached hydrogens (tertiary/aromatic N) is 3. The Morgan fingerprint density at radius 1 is 1.42 bits per heavy atom. The molecule has 1 fully saturated rings. The molecule has 2 N–H and O–H groups in total. The zero-order chi connectivity index (χ0) is 13.4. The zero-order valence-corrected chi connectivity index (χ0v) is 10.8. The van der Waals surface area contributed by atoms with Crippen LogP contribution in [0.4, 0.5) is 0 Å². The van der Waals surface area contributed by atoms with Crippen LogP contribution in [0.15, 0.2) is 12.4 Å². The lowest BCUT2D eigenvalue weighted by Crippen LogP contribution is -2.30. The highest BCUT2D eigenvalue weighted by atomic mass is 16.4. The second kappa shape index (κ2) is 4.62. The molecule has 0 radical (unpaired) electrons. The van der Waals surface area contributed by atoms with Gasteiger partial charge in [-0.3, -0.25) is 5.10 Å². The minimum Gasteiger partial charge on any atom is -0.478 e. The van der Waals surface area contributed by atoms with Crippen LogP contribution in [-0.4, -0.2) is 51.3 Å². The average molecular weight is 260 g/mol. The van der Waals surface area contributed by atoms with E-state index >= 15 is 0 Å². The molecule has 6 nitrogen and oxygen atoms in total. The minimum atomic E-state index is -0.900. The van der Waals surface area contributed by atoms with Crippen molar-refractivity contribution in [3.8, 4) is 0 Å². The average Bonchev–Trinajstić information content (AvgIpc) is 2.86.